The van der Waals surface area contributed by atoms with E-state index in [9.17, 15) is 9.59 Å². The fourth-order valence-corrected chi connectivity index (χ4v) is 4.26. The lowest BCUT2D eigenvalue weighted by molar-refractivity contribution is -0.122. The first-order chi connectivity index (χ1) is 12.0. The molecular weight excluding hydrogens is 334 g/mol. The van der Waals surface area contributed by atoms with E-state index < -0.39 is 5.25 Å². The normalized spacial score (nSPS) is 22.9. The van der Waals surface area contributed by atoms with Gasteiger partial charge in [-0.25, -0.2) is 0 Å². The Morgan fingerprint density at radius 2 is 2.04 bits per heavy atom. The molecule has 1 heterocycles. The van der Waals surface area contributed by atoms with Crippen molar-refractivity contribution >= 4 is 34.4 Å². The number of benzene rings is 1. The van der Waals surface area contributed by atoms with Gasteiger partial charge in [-0.3, -0.25) is 14.6 Å². The number of thioether (sulfide) groups is 1. The summed E-state index contributed by atoms with van der Waals surface area (Å²) >= 11 is 1.39. The molecule has 3 rings (SSSR count). The number of nitrogens with zero attached hydrogens (tertiary/aromatic N) is 1. The number of aryl methyl sites for hydroxylation is 2. The van der Waals surface area contributed by atoms with E-state index >= 15 is 0 Å². The minimum Gasteiger partial charge on any atom is -0.326 e. The Hall–Kier alpha value is -1.82. The number of carbonyl (C=O) groups excluding carboxylic acids is 2. The van der Waals surface area contributed by atoms with Crippen LogP contribution in [0.3, 0.4) is 0 Å². The molecule has 1 saturated carbocycles. The molecule has 1 aromatic rings. The number of nitrogens with one attached hydrogen (secondary N) is 2. The summed E-state index contributed by atoms with van der Waals surface area (Å²) in [5.74, 6) is -0.254. The van der Waals surface area contributed by atoms with E-state index in [1.54, 1.807) is 0 Å². The van der Waals surface area contributed by atoms with Crippen molar-refractivity contribution in [3.8, 4) is 0 Å². The standard InChI is InChI=1S/C19H25N3O2S/c1-12-8-9-13(2)15(10-12)21-17(23)11-16-18(24)22-19(25-16)20-14-6-4-3-5-7-14/h8-10,14,16H,3-7,11H2,1-2H3,(H,21,23)(H,20,22,24)/t16-/m1/s1. The van der Waals surface area contributed by atoms with Gasteiger partial charge >= 0.3 is 0 Å². The Morgan fingerprint density at radius 1 is 1.28 bits per heavy atom. The Morgan fingerprint density at radius 3 is 2.80 bits per heavy atom. The molecule has 0 aromatic heterocycles. The highest BCUT2D eigenvalue weighted by atomic mass is 32.2. The molecule has 2 aliphatic rings. The molecule has 1 atom stereocenters. The fourth-order valence-electron chi connectivity index (χ4n) is 3.22. The molecule has 1 saturated heterocycles. The Labute approximate surface area is 153 Å². The van der Waals surface area contributed by atoms with E-state index in [0.717, 1.165) is 29.7 Å². The molecule has 134 valence electrons. The van der Waals surface area contributed by atoms with Gasteiger partial charge in [0, 0.05) is 12.1 Å². The molecule has 1 aliphatic heterocycles. The van der Waals surface area contributed by atoms with Gasteiger partial charge < -0.3 is 10.6 Å². The van der Waals surface area contributed by atoms with Gasteiger partial charge in [-0.05, 0) is 43.9 Å². The minimum atomic E-state index is -0.396. The van der Waals surface area contributed by atoms with Crippen LogP contribution in [0.1, 0.15) is 49.7 Å². The molecule has 1 aliphatic carbocycles. The van der Waals surface area contributed by atoms with Gasteiger partial charge in [0.25, 0.3) is 0 Å². The lowest BCUT2D eigenvalue weighted by atomic mass is 9.96. The van der Waals surface area contributed by atoms with Gasteiger partial charge in [-0.1, -0.05) is 43.2 Å². The van der Waals surface area contributed by atoms with E-state index in [2.05, 4.69) is 15.6 Å². The van der Waals surface area contributed by atoms with E-state index in [0.29, 0.717) is 11.2 Å². The largest absolute Gasteiger partial charge is 0.326 e. The quantitative estimate of drug-likeness (QED) is 0.864. The molecule has 0 radical (unpaired) electrons. The summed E-state index contributed by atoms with van der Waals surface area (Å²) < 4.78 is 0. The molecular formula is C19H25N3O2S. The highest BCUT2D eigenvalue weighted by Gasteiger charge is 2.32. The summed E-state index contributed by atoms with van der Waals surface area (Å²) in [7, 11) is 0. The first kappa shape index (κ1) is 18.0. The Bertz CT molecular complexity index is 696. The summed E-state index contributed by atoms with van der Waals surface area (Å²) in [6.07, 6.45) is 6.05. The third-order valence-corrected chi connectivity index (χ3v) is 5.78. The minimum absolute atomic E-state index is 0.115. The van der Waals surface area contributed by atoms with Gasteiger partial charge in [0.1, 0.15) is 5.25 Å². The zero-order chi connectivity index (χ0) is 17.8. The first-order valence-electron chi connectivity index (χ1n) is 8.93. The monoisotopic (exact) mass is 359 g/mol. The number of amidine groups is 1. The van der Waals surface area contributed by atoms with Crippen LogP contribution in [0.5, 0.6) is 0 Å². The van der Waals surface area contributed by atoms with Crippen LogP contribution in [0.15, 0.2) is 23.2 Å². The van der Waals surface area contributed by atoms with Crippen molar-refractivity contribution in [2.45, 2.75) is 63.7 Å². The van der Waals surface area contributed by atoms with Gasteiger partial charge in [0.05, 0.1) is 6.04 Å². The summed E-state index contributed by atoms with van der Waals surface area (Å²) in [5, 5.41) is 6.04. The molecule has 1 aromatic carbocycles. The van der Waals surface area contributed by atoms with Crippen LogP contribution in [0, 0.1) is 13.8 Å². The smallest absolute Gasteiger partial charge is 0.240 e. The molecule has 6 heteroatoms. The molecule has 0 spiro atoms. The average Bonchev–Trinajstić information content (AvgIpc) is 2.91. The number of hydrogen-bond acceptors (Lipinski definition) is 4. The van der Waals surface area contributed by atoms with Crippen molar-refractivity contribution in [3.05, 3.63) is 29.3 Å². The van der Waals surface area contributed by atoms with Crippen LogP contribution in [0.25, 0.3) is 0 Å². The van der Waals surface area contributed by atoms with Crippen LogP contribution in [-0.4, -0.2) is 28.3 Å². The first-order valence-corrected chi connectivity index (χ1v) is 9.81. The van der Waals surface area contributed by atoms with Crippen LogP contribution < -0.4 is 10.6 Å². The molecule has 2 amide bonds. The topological polar surface area (TPSA) is 70.6 Å². The van der Waals surface area contributed by atoms with Crippen molar-refractivity contribution in [2.24, 2.45) is 4.99 Å². The zero-order valence-electron chi connectivity index (χ0n) is 14.8. The fraction of sp³-hybridized carbons (Fsp3) is 0.526. The van der Waals surface area contributed by atoms with Crippen molar-refractivity contribution < 1.29 is 9.59 Å². The number of carbonyl (C=O) groups is 2. The lowest BCUT2D eigenvalue weighted by Crippen LogP contribution is -2.28. The van der Waals surface area contributed by atoms with Crippen LogP contribution in [-0.2, 0) is 9.59 Å². The number of amides is 2. The Kier molecular flexibility index (Phi) is 5.78. The SMILES string of the molecule is Cc1ccc(C)c(NC(=O)C[C@H]2SC(=NC3CCCCC3)NC2=O)c1. The third kappa shape index (κ3) is 4.84. The van der Waals surface area contributed by atoms with Gasteiger partial charge in [0.2, 0.25) is 11.8 Å². The Balaban J connectivity index is 1.57. The molecule has 0 bridgehead atoms. The van der Waals surface area contributed by atoms with Gasteiger partial charge in [-0.2, -0.15) is 0 Å². The van der Waals surface area contributed by atoms with Gasteiger partial charge in [0.15, 0.2) is 5.17 Å². The summed E-state index contributed by atoms with van der Waals surface area (Å²) in [5.41, 5.74) is 2.92. The summed E-state index contributed by atoms with van der Waals surface area (Å²) in [6, 6.07) is 6.26. The zero-order valence-corrected chi connectivity index (χ0v) is 15.6. The third-order valence-electron chi connectivity index (χ3n) is 4.69. The summed E-state index contributed by atoms with van der Waals surface area (Å²) in [4.78, 5) is 29.1. The molecule has 0 unspecified atom stereocenters. The summed E-state index contributed by atoms with van der Waals surface area (Å²) in [6.45, 7) is 3.95. The number of rotatable bonds is 4. The highest BCUT2D eigenvalue weighted by Crippen LogP contribution is 2.27. The number of aliphatic imine (C=N–C) groups is 1. The van der Waals surface area contributed by atoms with E-state index in [1.165, 1.54) is 31.0 Å². The van der Waals surface area contributed by atoms with E-state index in [4.69, 9.17) is 0 Å². The van der Waals surface area contributed by atoms with Crippen LogP contribution >= 0.6 is 11.8 Å². The second-order valence-corrected chi connectivity index (χ2v) is 8.08. The maximum atomic E-state index is 12.3. The highest BCUT2D eigenvalue weighted by molar-refractivity contribution is 8.15. The second kappa shape index (κ2) is 8.04. The predicted octanol–water partition coefficient (Wildman–Crippen LogP) is 3.55. The van der Waals surface area contributed by atoms with E-state index in [1.807, 2.05) is 32.0 Å². The van der Waals surface area contributed by atoms with Crippen LogP contribution in [0.4, 0.5) is 5.69 Å². The van der Waals surface area contributed by atoms with Crippen molar-refractivity contribution in [2.75, 3.05) is 5.32 Å². The molecule has 5 nitrogen and oxygen atoms in total. The van der Waals surface area contributed by atoms with Crippen molar-refractivity contribution in [1.82, 2.24) is 5.32 Å². The molecule has 2 N–H and O–H groups in total. The van der Waals surface area contributed by atoms with Gasteiger partial charge in [-0.15, -0.1) is 0 Å². The maximum Gasteiger partial charge on any atom is 0.240 e. The van der Waals surface area contributed by atoms with Crippen molar-refractivity contribution in [3.63, 3.8) is 0 Å². The lowest BCUT2D eigenvalue weighted by Gasteiger charge is -2.17. The van der Waals surface area contributed by atoms with Crippen LogP contribution in [0.2, 0.25) is 0 Å². The molecule has 2 fully saturated rings. The maximum absolute atomic E-state index is 12.3. The van der Waals surface area contributed by atoms with E-state index in [-0.39, 0.29) is 18.2 Å². The average molecular weight is 359 g/mol. The second-order valence-electron chi connectivity index (χ2n) is 6.89. The number of anilines is 1. The van der Waals surface area contributed by atoms with Crippen molar-refractivity contribution in [1.29, 1.82) is 0 Å². The number of hydrogen-bond donors (Lipinski definition) is 2. The predicted molar refractivity (Wildman–Crippen MR) is 103 cm³/mol. The molecule has 25 heavy (non-hydrogen) atoms.